The molecule has 1 amide bonds. The topological polar surface area (TPSA) is 49.3 Å². The fourth-order valence-electron chi connectivity index (χ4n) is 0.329. The second-order valence-electron chi connectivity index (χ2n) is 1.70. The summed E-state index contributed by atoms with van der Waals surface area (Å²) in [5.41, 5.74) is 0. The van der Waals surface area contributed by atoms with Gasteiger partial charge in [0.15, 0.2) is 0 Å². The number of carbonyl (C=O) groups is 1. The molecule has 3 heteroatoms. The Morgan fingerprint density at radius 3 is 2.50 bits per heavy atom. The zero-order chi connectivity index (χ0) is 6.57. The molecule has 8 heavy (non-hydrogen) atoms. The molecule has 0 aliphatic heterocycles. The van der Waals surface area contributed by atoms with Crippen LogP contribution in [-0.4, -0.2) is 24.7 Å². The van der Waals surface area contributed by atoms with Gasteiger partial charge in [0.2, 0.25) is 5.91 Å². The molecule has 48 valence electrons. The molecule has 0 aliphatic rings. The van der Waals surface area contributed by atoms with Crippen LogP contribution >= 0.6 is 0 Å². The van der Waals surface area contributed by atoms with Crippen LogP contribution in [-0.2, 0) is 4.79 Å². The first kappa shape index (κ1) is 7.43. The van der Waals surface area contributed by atoms with Gasteiger partial charge in [-0.15, -0.1) is 0 Å². The Morgan fingerprint density at radius 2 is 2.38 bits per heavy atom. The largest absolute Gasteiger partial charge is 0.396 e. The first-order chi connectivity index (χ1) is 3.72. The predicted molar refractivity (Wildman–Crippen MR) is 30.3 cm³/mol. The summed E-state index contributed by atoms with van der Waals surface area (Å²) in [6.07, 6.45) is 0. The van der Waals surface area contributed by atoms with E-state index in [1.54, 1.807) is 14.0 Å². The van der Waals surface area contributed by atoms with Gasteiger partial charge in [0.05, 0.1) is 12.5 Å². The maximum absolute atomic E-state index is 10.5. The number of rotatable bonds is 2. The first-order valence-electron chi connectivity index (χ1n) is 2.54. The maximum atomic E-state index is 10.5. The lowest BCUT2D eigenvalue weighted by atomic mass is 10.2. The lowest BCUT2D eigenvalue weighted by Gasteiger charge is -2.03. The molecule has 0 rings (SSSR count). The minimum absolute atomic E-state index is 0.0837. The number of hydrogen-bond donors (Lipinski definition) is 2. The molecule has 0 aromatic rings. The Labute approximate surface area is 48.7 Å². The molecule has 0 unspecified atom stereocenters. The Bertz CT molecular complexity index is 82.5. The summed E-state index contributed by atoms with van der Waals surface area (Å²) >= 11 is 0. The van der Waals surface area contributed by atoms with Gasteiger partial charge in [-0.2, -0.15) is 0 Å². The van der Waals surface area contributed by atoms with Crippen LogP contribution in [0.1, 0.15) is 6.92 Å². The minimum Gasteiger partial charge on any atom is -0.396 e. The lowest BCUT2D eigenvalue weighted by Crippen LogP contribution is -2.27. The van der Waals surface area contributed by atoms with Crippen LogP contribution in [0.4, 0.5) is 0 Å². The molecule has 1 atom stereocenters. The van der Waals surface area contributed by atoms with Crippen molar-refractivity contribution in [2.75, 3.05) is 13.7 Å². The van der Waals surface area contributed by atoms with Crippen molar-refractivity contribution in [3.63, 3.8) is 0 Å². The Balaban J connectivity index is 3.46. The second kappa shape index (κ2) is 3.43. The molecule has 2 N–H and O–H groups in total. The highest BCUT2D eigenvalue weighted by Crippen LogP contribution is 1.89. The SMILES string of the molecule is CNC(=O)[C@@H](C)CO. The van der Waals surface area contributed by atoms with Crippen molar-refractivity contribution in [3.8, 4) is 0 Å². The number of nitrogens with one attached hydrogen (secondary N) is 1. The van der Waals surface area contributed by atoms with E-state index in [1.807, 2.05) is 0 Å². The van der Waals surface area contributed by atoms with Gasteiger partial charge >= 0.3 is 0 Å². The minimum atomic E-state index is -0.278. The van der Waals surface area contributed by atoms with Gasteiger partial charge in [0.25, 0.3) is 0 Å². The Morgan fingerprint density at radius 1 is 1.88 bits per heavy atom. The van der Waals surface area contributed by atoms with Crippen LogP contribution in [0.25, 0.3) is 0 Å². The van der Waals surface area contributed by atoms with E-state index in [9.17, 15) is 4.79 Å². The van der Waals surface area contributed by atoms with Crippen LogP contribution in [0.15, 0.2) is 0 Å². The number of hydrogen-bond acceptors (Lipinski definition) is 2. The van der Waals surface area contributed by atoms with Crippen molar-refractivity contribution in [3.05, 3.63) is 0 Å². The molecule has 0 aromatic carbocycles. The maximum Gasteiger partial charge on any atom is 0.224 e. The molecule has 0 spiro atoms. The molecule has 0 heterocycles. The van der Waals surface area contributed by atoms with Crippen molar-refractivity contribution in [1.82, 2.24) is 5.32 Å². The number of aliphatic hydroxyl groups is 1. The summed E-state index contributed by atoms with van der Waals surface area (Å²) in [6.45, 7) is 1.58. The summed E-state index contributed by atoms with van der Waals surface area (Å²) in [6, 6.07) is 0. The monoisotopic (exact) mass is 117 g/mol. The van der Waals surface area contributed by atoms with Crippen LogP contribution in [0.5, 0.6) is 0 Å². The number of amides is 1. The van der Waals surface area contributed by atoms with Crippen molar-refractivity contribution < 1.29 is 9.90 Å². The third-order valence-electron chi connectivity index (χ3n) is 0.968. The van der Waals surface area contributed by atoms with Crippen molar-refractivity contribution in [2.45, 2.75) is 6.92 Å². The third-order valence-corrected chi connectivity index (χ3v) is 0.968. The quantitative estimate of drug-likeness (QED) is 0.505. The van der Waals surface area contributed by atoms with Gasteiger partial charge in [-0.25, -0.2) is 0 Å². The highest BCUT2D eigenvalue weighted by molar-refractivity contribution is 5.77. The molecule has 0 radical (unpaired) electrons. The second-order valence-corrected chi connectivity index (χ2v) is 1.70. The average molecular weight is 117 g/mol. The zero-order valence-electron chi connectivity index (χ0n) is 5.14. The normalized spacial score (nSPS) is 12.9. The van der Waals surface area contributed by atoms with Gasteiger partial charge in [-0.05, 0) is 0 Å². The Kier molecular flexibility index (Phi) is 3.19. The van der Waals surface area contributed by atoms with E-state index in [2.05, 4.69) is 5.32 Å². The van der Waals surface area contributed by atoms with Crippen LogP contribution < -0.4 is 5.32 Å². The van der Waals surface area contributed by atoms with Gasteiger partial charge in [0.1, 0.15) is 0 Å². The zero-order valence-corrected chi connectivity index (χ0v) is 5.14. The van der Waals surface area contributed by atoms with Crippen molar-refractivity contribution in [2.24, 2.45) is 5.92 Å². The number of aliphatic hydroxyl groups excluding tert-OH is 1. The standard InChI is InChI=1S/C5H11NO2/c1-4(3-7)5(8)6-2/h4,7H,3H2,1-2H3,(H,6,8)/t4-/m0/s1. The molecule has 0 bridgehead atoms. The van der Waals surface area contributed by atoms with E-state index >= 15 is 0 Å². The highest BCUT2D eigenvalue weighted by atomic mass is 16.3. The fraction of sp³-hybridized carbons (Fsp3) is 0.800. The Hall–Kier alpha value is -0.570. The lowest BCUT2D eigenvalue weighted by molar-refractivity contribution is -0.125. The average Bonchev–Trinajstić information content (AvgIpc) is 1.84. The molecule has 0 saturated heterocycles. The number of carbonyl (C=O) groups excluding carboxylic acids is 1. The van der Waals surface area contributed by atoms with Crippen molar-refractivity contribution >= 4 is 5.91 Å². The molecular weight excluding hydrogens is 106 g/mol. The summed E-state index contributed by atoms with van der Waals surface area (Å²) in [5.74, 6) is -0.396. The van der Waals surface area contributed by atoms with Gasteiger partial charge in [-0.1, -0.05) is 6.92 Å². The summed E-state index contributed by atoms with van der Waals surface area (Å²) < 4.78 is 0. The summed E-state index contributed by atoms with van der Waals surface area (Å²) in [7, 11) is 1.55. The predicted octanol–water partition coefficient (Wildman–Crippen LogP) is -0.639. The van der Waals surface area contributed by atoms with Crippen LogP contribution in [0.2, 0.25) is 0 Å². The first-order valence-corrected chi connectivity index (χ1v) is 2.54. The van der Waals surface area contributed by atoms with E-state index in [4.69, 9.17) is 5.11 Å². The molecule has 0 fully saturated rings. The van der Waals surface area contributed by atoms with Gasteiger partial charge in [0, 0.05) is 7.05 Å². The highest BCUT2D eigenvalue weighted by Gasteiger charge is 2.06. The summed E-state index contributed by atoms with van der Waals surface area (Å²) in [5, 5.41) is 10.8. The van der Waals surface area contributed by atoms with E-state index in [0.29, 0.717) is 0 Å². The van der Waals surface area contributed by atoms with Gasteiger partial charge in [-0.3, -0.25) is 4.79 Å². The smallest absolute Gasteiger partial charge is 0.224 e. The molecular formula is C5H11NO2. The fourth-order valence-corrected chi connectivity index (χ4v) is 0.329. The van der Waals surface area contributed by atoms with Gasteiger partial charge < -0.3 is 10.4 Å². The molecule has 0 saturated carbocycles. The molecule has 3 nitrogen and oxygen atoms in total. The summed E-state index contributed by atoms with van der Waals surface area (Å²) in [4.78, 5) is 10.5. The van der Waals surface area contributed by atoms with Crippen LogP contribution in [0.3, 0.4) is 0 Å². The third kappa shape index (κ3) is 1.93. The van der Waals surface area contributed by atoms with E-state index in [-0.39, 0.29) is 18.4 Å². The van der Waals surface area contributed by atoms with Crippen molar-refractivity contribution in [1.29, 1.82) is 0 Å². The molecule has 0 aromatic heterocycles. The molecule has 0 aliphatic carbocycles. The van der Waals surface area contributed by atoms with E-state index in [1.165, 1.54) is 0 Å². The van der Waals surface area contributed by atoms with Crippen LogP contribution in [0, 0.1) is 5.92 Å². The van der Waals surface area contributed by atoms with E-state index < -0.39 is 0 Å². The van der Waals surface area contributed by atoms with E-state index in [0.717, 1.165) is 0 Å².